The third-order valence-corrected chi connectivity index (χ3v) is 2.21. The van der Waals surface area contributed by atoms with Gasteiger partial charge in [-0.15, -0.1) is 0 Å². The van der Waals surface area contributed by atoms with E-state index in [-0.39, 0.29) is 17.4 Å². The zero-order chi connectivity index (χ0) is 13.1. The summed E-state index contributed by atoms with van der Waals surface area (Å²) in [7, 11) is 0. The SMILES string of the molecule is CCNC(=O)c1noc(-c2ccc(N)c(F)c2)n1. The molecule has 18 heavy (non-hydrogen) atoms. The molecule has 0 aliphatic heterocycles. The van der Waals surface area contributed by atoms with Crippen LogP contribution in [0, 0.1) is 5.82 Å². The van der Waals surface area contributed by atoms with Crippen molar-refractivity contribution in [3.05, 3.63) is 29.8 Å². The van der Waals surface area contributed by atoms with Gasteiger partial charge in [0.1, 0.15) is 5.82 Å². The molecule has 1 aromatic carbocycles. The molecule has 0 saturated heterocycles. The van der Waals surface area contributed by atoms with Crippen LogP contribution >= 0.6 is 0 Å². The molecule has 0 aliphatic rings. The van der Waals surface area contributed by atoms with Crippen LogP contribution in [0.15, 0.2) is 22.7 Å². The van der Waals surface area contributed by atoms with Gasteiger partial charge in [0, 0.05) is 12.1 Å². The number of hydrogen-bond donors (Lipinski definition) is 2. The molecular weight excluding hydrogens is 239 g/mol. The largest absolute Gasteiger partial charge is 0.396 e. The smallest absolute Gasteiger partial charge is 0.292 e. The molecule has 7 heteroatoms. The second-order valence-electron chi connectivity index (χ2n) is 3.52. The number of nitrogens with one attached hydrogen (secondary N) is 1. The Bertz CT molecular complexity index is 582. The van der Waals surface area contributed by atoms with E-state index in [9.17, 15) is 9.18 Å². The average Bonchev–Trinajstić information content (AvgIpc) is 2.82. The number of hydrogen-bond acceptors (Lipinski definition) is 5. The van der Waals surface area contributed by atoms with Crippen molar-refractivity contribution < 1.29 is 13.7 Å². The van der Waals surface area contributed by atoms with E-state index in [0.29, 0.717) is 12.1 Å². The van der Waals surface area contributed by atoms with Crippen LogP contribution in [0.5, 0.6) is 0 Å². The van der Waals surface area contributed by atoms with E-state index < -0.39 is 11.7 Å². The molecule has 2 rings (SSSR count). The molecule has 0 aliphatic carbocycles. The van der Waals surface area contributed by atoms with Gasteiger partial charge in [-0.25, -0.2) is 4.39 Å². The second kappa shape index (κ2) is 4.82. The van der Waals surface area contributed by atoms with Gasteiger partial charge in [-0.2, -0.15) is 4.98 Å². The molecule has 1 heterocycles. The first-order chi connectivity index (χ1) is 8.61. The Morgan fingerprint density at radius 2 is 2.33 bits per heavy atom. The average molecular weight is 250 g/mol. The van der Waals surface area contributed by atoms with Gasteiger partial charge in [0.05, 0.1) is 5.69 Å². The van der Waals surface area contributed by atoms with E-state index in [2.05, 4.69) is 15.5 Å². The molecule has 0 bridgehead atoms. The van der Waals surface area contributed by atoms with E-state index in [1.54, 1.807) is 6.92 Å². The third kappa shape index (κ3) is 2.29. The number of benzene rings is 1. The Hall–Kier alpha value is -2.44. The highest BCUT2D eigenvalue weighted by Crippen LogP contribution is 2.21. The van der Waals surface area contributed by atoms with Gasteiger partial charge in [-0.1, -0.05) is 5.16 Å². The zero-order valence-electron chi connectivity index (χ0n) is 9.61. The molecule has 0 saturated carbocycles. The van der Waals surface area contributed by atoms with Crippen molar-refractivity contribution >= 4 is 11.6 Å². The summed E-state index contributed by atoms with van der Waals surface area (Å²) in [6.45, 7) is 2.23. The topological polar surface area (TPSA) is 94.0 Å². The Kier molecular flexibility index (Phi) is 3.22. The fourth-order valence-corrected chi connectivity index (χ4v) is 1.33. The van der Waals surface area contributed by atoms with Crippen LogP contribution in [0.25, 0.3) is 11.5 Å². The summed E-state index contributed by atoms with van der Waals surface area (Å²) in [5.41, 5.74) is 5.75. The summed E-state index contributed by atoms with van der Waals surface area (Å²) in [6.07, 6.45) is 0. The van der Waals surface area contributed by atoms with Gasteiger partial charge in [0.25, 0.3) is 17.6 Å². The monoisotopic (exact) mass is 250 g/mol. The highest BCUT2D eigenvalue weighted by Gasteiger charge is 2.15. The lowest BCUT2D eigenvalue weighted by Crippen LogP contribution is -2.23. The van der Waals surface area contributed by atoms with Crippen molar-refractivity contribution in [1.82, 2.24) is 15.5 Å². The molecule has 0 unspecified atom stereocenters. The molecule has 1 amide bonds. The highest BCUT2D eigenvalue weighted by atomic mass is 19.1. The van der Waals surface area contributed by atoms with Crippen molar-refractivity contribution in [3.63, 3.8) is 0 Å². The third-order valence-electron chi connectivity index (χ3n) is 2.21. The van der Waals surface area contributed by atoms with E-state index in [0.717, 1.165) is 0 Å². The number of carbonyl (C=O) groups excluding carboxylic acids is 1. The number of nitrogens with two attached hydrogens (primary N) is 1. The number of nitrogens with zero attached hydrogens (tertiary/aromatic N) is 2. The predicted molar refractivity (Wildman–Crippen MR) is 62.1 cm³/mol. The molecule has 3 N–H and O–H groups in total. The van der Waals surface area contributed by atoms with Gasteiger partial charge in [0.2, 0.25) is 0 Å². The van der Waals surface area contributed by atoms with Gasteiger partial charge >= 0.3 is 0 Å². The number of rotatable bonds is 3. The van der Waals surface area contributed by atoms with Crippen molar-refractivity contribution in [2.45, 2.75) is 6.92 Å². The molecule has 6 nitrogen and oxygen atoms in total. The minimum absolute atomic E-state index is 0.0298. The van der Waals surface area contributed by atoms with Crippen molar-refractivity contribution in [2.75, 3.05) is 12.3 Å². The Morgan fingerprint density at radius 1 is 1.56 bits per heavy atom. The van der Waals surface area contributed by atoms with Crippen LogP contribution in [0.4, 0.5) is 10.1 Å². The van der Waals surface area contributed by atoms with Crippen molar-refractivity contribution in [2.24, 2.45) is 0 Å². The van der Waals surface area contributed by atoms with Gasteiger partial charge in [-0.3, -0.25) is 4.79 Å². The van der Waals surface area contributed by atoms with E-state index in [1.165, 1.54) is 18.2 Å². The highest BCUT2D eigenvalue weighted by molar-refractivity contribution is 5.90. The maximum absolute atomic E-state index is 13.3. The summed E-state index contributed by atoms with van der Waals surface area (Å²) in [5.74, 6) is -1.05. The summed E-state index contributed by atoms with van der Waals surface area (Å²) in [5, 5.41) is 6.04. The van der Waals surface area contributed by atoms with Crippen molar-refractivity contribution in [1.29, 1.82) is 0 Å². The molecule has 2 aromatic rings. The first kappa shape index (κ1) is 12.0. The number of amides is 1. The molecular formula is C11H11FN4O2. The van der Waals surface area contributed by atoms with Crippen LogP contribution in [-0.4, -0.2) is 22.6 Å². The molecule has 1 aromatic heterocycles. The number of aromatic nitrogens is 2. The molecule has 0 atom stereocenters. The minimum atomic E-state index is -0.578. The molecule has 0 fully saturated rings. The number of carbonyl (C=O) groups is 1. The van der Waals surface area contributed by atoms with Crippen LogP contribution in [0.3, 0.4) is 0 Å². The summed E-state index contributed by atoms with van der Waals surface area (Å²) < 4.78 is 18.1. The normalized spacial score (nSPS) is 10.3. The lowest BCUT2D eigenvalue weighted by atomic mass is 10.2. The molecule has 0 spiro atoms. The van der Waals surface area contributed by atoms with Gasteiger partial charge < -0.3 is 15.6 Å². The number of halogens is 1. The number of anilines is 1. The fourth-order valence-electron chi connectivity index (χ4n) is 1.33. The van der Waals surface area contributed by atoms with Crippen LogP contribution in [0.2, 0.25) is 0 Å². The zero-order valence-corrected chi connectivity index (χ0v) is 9.61. The maximum Gasteiger partial charge on any atom is 0.292 e. The second-order valence-corrected chi connectivity index (χ2v) is 3.52. The fraction of sp³-hybridized carbons (Fsp3) is 0.182. The van der Waals surface area contributed by atoms with Gasteiger partial charge in [0.15, 0.2) is 0 Å². The first-order valence-electron chi connectivity index (χ1n) is 5.29. The summed E-state index contributed by atoms with van der Waals surface area (Å²) in [4.78, 5) is 15.3. The molecule has 94 valence electrons. The maximum atomic E-state index is 13.3. The van der Waals surface area contributed by atoms with E-state index in [4.69, 9.17) is 10.3 Å². The Labute approximate surface area is 102 Å². The van der Waals surface area contributed by atoms with E-state index >= 15 is 0 Å². The quantitative estimate of drug-likeness (QED) is 0.798. The predicted octanol–water partition coefficient (Wildman–Crippen LogP) is 1.21. The Morgan fingerprint density at radius 3 is 3.00 bits per heavy atom. The Balaban J connectivity index is 2.29. The van der Waals surface area contributed by atoms with Crippen LogP contribution < -0.4 is 11.1 Å². The standard InChI is InChI=1S/C11H11FN4O2/c1-2-14-10(17)9-15-11(18-16-9)6-3-4-8(13)7(12)5-6/h3-5H,2,13H2,1H3,(H,14,17). The van der Waals surface area contributed by atoms with Gasteiger partial charge in [-0.05, 0) is 25.1 Å². The summed E-state index contributed by atoms with van der Waals surface area (Å²) >= 11 is 0. The first-order valence-corrected chi connectivity index (χ1v) is 5.29. The van der Waals surface area contributed by atoms with Crippen molar-refractivity contribution in [3.8, 4) is 11.5 Å². The molecule has 0 radical (unpaired) electrons. The lowest BCUT2D eigenvalue weighted by molar-refractivity contribution is 0.0942. The lowest BCUT2D eigenvalue weighted by Gasteiger charge is -1.97. The van der Waals surface area contributed by atoms with Crippen LogP contribution in [0.1, 0.15) is 17.5 Å². The van der Waals surface area contributed by atoms with E-state index in [1.807, 2.05) is 0 Å². The van der Waals surface area contributed by atoms with Crippen LogP contribution in [-0.2, 0) is 0 Å². The number of nitrogen functional groups attached to an aromatic ring is 1. The summed E-state index contributed by atoms with van der Waals surface area (Å²) in [6, 6.07) is 4.10. The minimum Gasteiger partial charge on any atom is -0.396 e.